The van der Waals surface area contributed by atoms with E-state index in [2.05, 4.69) is 51.3 Å². The highest BCUT2D eigenvalue weighted by Gasteiger charge is 2.05. The summed E-state index contributed by atoms with van der Waals surface area (Å²) in [5, 5.41) is 3.35. The molecule has 0 saturated carbocycles. The van der Waals surface area contributed by atoms with E-state index in [0.29, 0.717) is 0 Å². The van der Waals surface area contributed by atoms with Crippen LogP contribution in [0.15, 0.2) is 40.9 Å². The van der Waals surface area contributed by atoms with Crippen LogP contribution in [0.25, 0.3) is 0 Å². The standard InChI is InChI=1S/C15H18BrN3/c1-10-4-6-12(9-15(10)19(2)3)18-14-8-11(16)5-7-13(14)17/h4-9,18H,17H2,1-3H3. The molecule has 0 amide bonds. The monoisotopic (exact) mass is 319 g/mol. The van der Waals surface area contributed by atoms with Gasteiger partial charge in [-0.2, -0.15) is 0 Å². The maximum atomic E-state index is 5.97. The van der Waals surface area contributed by atoms with Gasteiger partial charge in [-0.05, 0) is 42.8 Å². The van der Waals surface area contributed by atoms with Crippen molar-refractivity contribution < 1.29 is 0 Å². The number of nitrogens with two attached hydrogens (primary N) is 1. The third-order valence-corrected chi connectivity index (χ3v) is 3.48. The average Bonchev–Trinajstić information content (AvgIpc) is 2.36. The molecule has 0 aliphatic rings. The van der Waals surface area contributed by atoms with Crippen molar-refractivity contribution in [2.75, 3.05) is 30.0 Å². The van der Waals surface area contributed by atoms with Crippen LogP contribution in [0, 0.1) is 6.92 Å². The highest BCUT2D eigenvalue weighted by Crippen LogP contribution is 2.29. The molecule has 0 atom stereocenters. The van der Waals surface area contributed by atoms with Crippen molar-refractivity contribution in [3.8, 4) is 0 Å². The largest absolute Gasteiger partial charge is 0.397 e. The van der Waals surface area contributed by atoms with Crippen LogP contribution in [-0.4, -0.2) is 14.1 Å². The number of halogens is 1. The number of nitrogen functional groups attached to an aromatic ring is 1. The molecule has 19 heavy (non-hydrogen) atoms. The van der Waals surface area contributed by atoms with E-state index in [1.54, 1.807) is 0 Å². The topological polar surface area (TPSA) is 41.3 Å². The van der Waals surface area contributed by atoms with Gasteiger partial charge in [-0.15, -0.1) is 0 Å². The van der Waals surface area contributed by atoms with Crippen molar-refractivity contribution in [3.63, 3.8) is 0 Å². The number of rotatable bonds is 3. The zero-order valence-electron chi connectivity index (χ0n) is 11.4. The zero-order chi connectivity index (χ0) is 14.0. The summed E-state index contributed by atoms with van der Waals surface area (Å²) in [4.78, 5) is 2.10. The van der Waals surface area contributed by atoms with E-state index in [0.717, 1.165) is 21.5 Å². The van der Waals surface area contributed by atoms with Crippen LogP contribution >= 0.6 is 15.9 Å². The van der Waals surface area contributed by atoms with E-state index in [9.17, 15) is 0 Å². The first-order valence-corrected chi connectivity index (χ1v) is 6.86. The molecule has 100 valence electrons. The first-order valence-electron chi connectivity index (χ1n) is 6.07. The van der Waals surface area contributed by atoms with E-state index < -0.39 is 0 Å². The Morgan fingerprint density at radius 2 is 1.84 bits per heavy atom. The molecule has 0 aliphatic carbocycles. The maximum absolute atomic E-state index is 5.97. The van der Waals surface area contributed by atoms with Gasteiger partial charge in [-0.25, -0.2) is 0 Å². The second-order valence-electron chi connectivity index (χ2n) is 4.75. The molecule has 0 saturated heterocycles. The normalized spacial score (nSPS) is 10.3. The second-order valence-corrected chi connectivity index (χ2v) is 5.67. The van der Waals surface area contributed by atoms with Gasteiger partial charge in [0.1, 0.15) is 0 Å². The molecule has 2 rings (SSSR count). The van der Waals surface area contributed by atoms with Gasteiger partial charge in [0.05, 0.1) is 11.4 Å². The molecule has 4 heteroatoms. The van der Waals surface area contributed by atoms with E-state index in [4.69, 9.17) is 5.73 Å². The fourth-order valence-corrected chi connectivity index (χ4v) is 2.32. The molecule has 3 N–H and O–H groups in total. The second kappa shape index (κ2) is 5.53. The number of hydrogen-bond acceptors (Lipinski definition) is 3. The van der Waals surface area contributed by atoms with Gasteiger partial charge in [0, 0.05) is 29.9 Å². The maximum Gasteiger partial charge on any atom is 0.0629 e. The summed E-state index contributed by atoms with van der Waals surface area (Å²) in [6.07, 6.45) is 0. The fraction of sp³-hybridized carbons (Fsp3) is 0.200. The van der Waals surface area contributed by atoms with Crippen LogP contribution in [0.4, 0.5) is 22.7 Å². The third kappa shape index (κ3) is 3.20. The first-order chi connectivity index (χ1) is 8.97. The molecule has 0 bridgehead atoms. The smallest absolute Gasteiger partial charge is 0.0629 e. The Labute approximate surface area is 122 Å². The minimum atomic E-state index is 0.732. The zero-order valence-corrected chi connectivity index (χ0v) is 13.0. The van der Waals surface area contributed by atoms with Crippen LogP contribution in [0.3, 0.4) is 0 Å². The van der Waals surface area contributed by atoms with Crippen LogP contribution < -0.4 is 16.0 Å². The highest BCUT2D eigenvalue weighted by atomic mass is 79.9. The molecule has 2 aromatic carbocycles. The Morgan fingerprint density at radius 3 is 2.53 bits per heavy atom. The highest BCUT2D eigenvalue weighted by molar-refractivity contribution is 9.10. The Morgan fingerprint density at radius 1 is 1.11 bits per heavy atom. The van der Waals surface area contributed by atoms with Crippen molar-refractivity contribution in [1.82, 2.24) is 0 Å². The molecular weight excluding hydrogens is 302 g/mol. The molecular formula is C15H18BrN3. The Kier molecular flexibility index (Phi) is 4.00. The molecule has 0 radical (unpaired) electrons. The number of hydrogen-bond donors (Lipinski definition) is 2. The summed E-state index contributed by atoms with van der Waals surface area (Å²) in [6.45, 7) is 2.10. The molecule has 0 spiro atoms. The van der Waals surface area contributed by atoms with Gasteiger partial charge < -0.3 is 16.0 Å². The Bertz CT molecular complexity index is 594. The van der Waals surface area contributed by atoms with Gasteiger partial charge in [0.2, 0.25) is 0 Å². The molecule has 2 aromatic rings. The molecule has 0 unspecified atom stereocenters. The lowest BCUT2D eigenvalue weighted by molar-refractivity contribution is 1.11. The van der Waals surface area contributed by atoms with E-state index in [-0.39, 0.29) is 0 Å². The lowest BCUT2D eigenvalue weighted by Crippen LogP contribution is -2.10. The molecule has 3 nitrogen and oxygen atoms in total. The van der Waals surface area contributed by atoms with E-state index >= 15 is 0 Å². The lowest BCUT2D eigenvalue weighted by Gasteiger charge is -2.18. The summed E-state index contributed by atoms with van der Waals surface area (Å²) in [5.41, 5.74) is 11.1. The van der Waals surface area contributed by atoms with Crippen molar-refractivity contribution in [1.29, 1.82) is 0 Å². The minimum absolute atomic E-state index is 0.732. The van der Waals surface area contributed by atoms with Crippen LogP contribution in [0.1, 0.15) is 5.56 Å². The third-order valence-electron chi connectivity index (χ3n) is 2.99. The van der Waals surface area contributed by atoms with Crippen molar-refractivity contribution in [2.45, 2.75) is 6.92 Å². The predicted octanol–water partition coefficient (Wildman–Crippen LogP) is 4.15. The molecule has 0 aromatic heterocycles. The SMILES string of the molecule is Cc1ccc(Nc2cc(Br)ccc2N)cc1N(C)C. The van der Waals surface area contributed by atoms with Gasteiger partial charge in [0.25, 0.3) is 0 Å². The summed E-state index contributed by atoms with van der Waals surface area (Å²) in [6, 6.07) is 12.1. The van der Waals surface area contributed by atoms with Gasteiger partial charge in [-0.1, -0.05) is 22.0 Å². The first kappa shape index (κ1) is 13.7. The average molecular weight is 320 g/mol. The van der Waals surface area contributed by atoms with E-state index in [1.165, 1.54) is 11.3 Å². The summed E-state index contributed by atoms with van der Waals surface area (Å²) in [5.74, 6) is 0. The van der Waals surface area contributed by atoms with Crippen LogP contribution in [-0.2, 0) is 0 Å². The Balaban J connectivity index is 2.33. The van der Waals surface area contributed by atoms with Crippen LogP contribution in [0.5, 0.6) is 0 Å². The molecule has 0 heterocycles. The fourth-order valence-electron chi connectivity index (χ4n) is 1.96. The van der Waals surface area contributed by atoms with Gasteiger partial charge in [0.15, 0.2) is 0 Å². The number of aryl methyl sites for hydroxylation is 1. The van der Waals surface area contributed by atoms with Crippen LogP contribution in [0.2, 0.25) is 0 Å². The Hall–Kier alpha value is -1.68. The lowest BCUT2D eigenvalue weighted by atomic mass is 10.1. The van der Waals surface area contributed by atoms with Crippen molar-refractivity contribution in [2.24, 2.45) is 0 Å². The van der Waals surface area contributed by atoms with Gasteiger partial charge in [-0.3, -0.25) is 0 Å². The number of anilines is 4. The number of nitrogens with zero attached hydrogens (tertiary/aromatic N) is 1. The predicted molar refractivity (Wildman–Crippen MR) is 87.3 cm³/mol. The number of benzene rings is 2. The molecule has 0 fully saturated rings. The van der Waals surface area contributed by atoms with Crippen molar-refractivity contribution in [3.05, 3.63) is 46.4 Å². The van der Waals surface area contributed by atoms with E-state index in [1.807, 2.05) is 32.3 Å². The summed E-state index contributed by atoms with van der Waals surface area (Å²) in [7, 11) is 4.08. The summed E-state index contributed by atoms with van der Waals surface area (Å²) < 4.78 is 1.00. The number of nitrogens with one attached hydrogen (secondary N) is 1. The quantitative estimate of drug-likeness (QED) is 0.835. The van der Waals surface area contributed by atoms with Gasteiger partial charge >= 0.3 is 0 Å². The summed E-state index contributed by atoms with van der Waals surface area (Å²) >= 11 is 3.46. The van der Waals surface area contributed by atoms with Crippen molar-refractivity contribution >= 4 is 38.7 Å². The minimum Gasteiger partial charge on any atom is -0.397 e. The molecule has 0 aliphatic heterocycles.